The molecule has 1 aliphatic heterocycles. The molecule has 1 aromatic rings. The summed E-state index contributed by atoms with van der Waals surface area (Å²) in [7, 11) is 1.60. The minimum atomic E-state index is -0.380. The summed E-state index contributed by atoms with van der Waals surface area (Å²) >= 11 is 1.34. The fourth-order valence-electron chi connectivity index (χ4n) is 3.92. The predicted octanol–water partition coefficient (Wildman–Crippen LogP) is 1.65. The molecule has 3 rings (SSSR count). The van der Waals surface area contributed by atoms with Gasteiger partial charge in [0.2, 0.25) is 17.7 Å². The van der Waals surface area contributed by atoms with Crippen molar-refractivity contribution in [3.63, 3.8) is 0 Å². The van der Waals surface area contributed by atoms with Crippen LogP contribution in [0.15, 0.2) is 24.3 Å². The molecule has 1 aromatic carbocycles. The number of benzene rings is 1. The molecule has 1 aliphatic carbocycles. The first-order chi connectivity index (χ1) is 15.0. The number of rotatable bonds is 9. The zero-order chi connectivity index (χ0) is 22.1. The molecule has 1 saturated heterocycles. The van der Waals surface area contributed by atoms with Crippen molar-refractivity contribution in [3.05, 3.63) is 29.8 Å². The summed E-state index contributed by atoms with van der Waals surface area (Å²) in [5.41, 5.74) is 0.564. The van der Waals surface area contributed by atoms with Crippen molar-refractivity contribution in [2.24, 2.45) is 0 Å². The third kappa shape index (κ3) is 8.06. The van der Waals surface area contributed by atoms with Crippen LogP contribution in [-0.2, 0) is 20.9 Å². The van der Waals surface area contributed by atoms with Crippen LogP contribution in [0.4, 0.5) is 0 Å². The van der Waals surface area contributed by atoms with Gasteiger partial charge in [0, 0.05) is 31.5 Å². The molecule has 2 atom stereocenters. The van der Waals surface area contributed by atoms with Gasteiger partial charge in [-0.15, -0.1) is 11.8 Å². The topological polar surface area (TPSA) is 109 Å². The number of amides is 3. The summed E-state index contributed by atoms with van der Waals surface area (Å²) in [4.78, 5) is 36.6. The molecular weight excluding hydrogens is 416 g/mol. The maximum absolute atomic E-state index is 12.4. The predicted molar refractivity (Wildman–Crippen MR) is 120 cm³/mol. The van der Waals surface area contributed by atoms with Crippen LogP contribution in [0.5, 0.6) is 5.75 Å². The van der Waals surface area contributed by atoms with E-state index in [0.29, 0.717) is 6.54 Å². The van der Waals surface area contributed by atoms with E-state index in [9.17, 15) is 14.4 Å². The zero-order valence-corrected chi connectivity index (χ0v) is 18.8. The van der Waals surface area contributed by atoms with Crippen LogP contribution < -0.4 is 26.0 Å². The number of nitrogens with one attached hydrogen (secondary N) is 4. The summed E-state index contributed by atoms with van der Waals surface area (Å²) < 4.78 is 5.19. The Morgan fingerprint density at radius 3 is 2.77 bits per heavy atom. The van der Waals surface area contributed by atoms with Gasteiger partial charge < -0.3 is 20.7 Å². The first-order valence-corrected chi connectivity index (χ1v) is 11.9. The summed E-state index contributed by atoms with van der Waals surface area (Å²) in [5, 5.41) is 12.1. The van der Waals surface area contributed by atoms with E-state index >= 15 is 0 Å². The Balaban J connectivity index is 1.39. The molecule has 2 unspecified atom stereocenters. The molecule has 0 aromatic heterocycles. The van der Waals surface area contributed by atoms with Crippen molar-refractivity contribution in [1.29, 1.82) is 0 Å². The van der Waals surface area contributed by atoms with Crippen LogP contribution in [0, 0.1) is 0 Å². The number of hydrogen-bond donors (Lipinski definition) is 4. The Labute approximate surface area is 187 Å². The maximum atomic E-state index is 12.4. The number of carbonyl (C=O) groups excluding carboxylic acids is 3. The second-order valence-corrected chi connectivity index (χ2v) is 9.15. The van der Waals surface area contributed by atoms with E-state index in [4.69, 9.17) is 4.74 Å². The Morgan fingerprint density at radius 2 is 2.00 bits per heavy atom. The fourth-order valence-corrected chi connectivity index (χ4v) is 4.82. The molecule has 4 N–H and O–H groups in total. The van der Waals surface area contributed by atoms with Gasteiger partial charge in [-0.3, -0.25) is 19.7 Å². The van der Waals surface area contributed by atoms with Gasteiger partial charge in [0.25, 0.3) is 0 Å². The average Bonchev–Trinajstić information content (AvgIpc) is 2.77. The van der Waals surface area contributed by atoms with Crippen LogP contribution in [-0.4, -0.2) is 48.2 Å². The minimum Gasteiger partial charge on any atom is -0.497 e. The molecule has 9 heteroatoms. The van der Waals surface area contributed by atoms with Crippen LogP contribution in [0.3, 0.4) is 0 Å². The molecule has 2 fully saturated rings. The number of hydrogen-bond acceptors (Lipinski definition) is 6. The second kappa shape index (κ2) is 12.0. The molecule has 170 valence electrons. The number of carbonyl (C=O) groups is 3. The quantitative estimate of drug-likeness (QED) is 0.457. The van der Waals surface area contributed by atoms with Crippen molar-refractivity contribution >= 4 is 29.5 Å². The normalized spacial score (nSPS) is 21.8. The molecule has 8 nitrogen and oxygen atoms in total. The molecule has 31 heavy (non-hydrogen) atoms. The van der Waals surface area contributed by atoms with Gasteiger partial charge in [-0.25, -0.2) is 0 Å². The zero-order valence-electron chi connectivity index (χ0n) is 17.9. The number of thioether (sulfide) groups is 1. The maximum Gasteiger partial charge on any atom is 0.230 e. The lowest BCUT2D eigenvalue weighted by molar-refractivity contribution is -0.125. The van der Waals surface area contributed by atoms with E-state index in [0.717, 1.165) is 24.2 Å². The van der Waals surface area contributed by atoms with Gasteiger partial charge in [-0.1, -0.05) is 31.4 Å². The lowest BCUT2D eigenvalue weighted by Crippen LogP contribution is -2.56. The van der Waals surface area contributed by atoms with E-state index in [-0.39, 0.29) is 53.9 Å². The van der Waals surface area contributed by atoms with Crippen molar-refractivity contribution in [3.8, 4) is 5.75 Å². The van der Waals surface area contributed by atoms with Crippen LogP contribution in [0.1, 0.15) is 50.5 Å². The molecule has 1 saturated carbocycles. The fraction of sp³-hybridized carbons (Fsp3) is 0.591. The van der Waals surface area contributed by atoms with Crippen molar-refractivity contribution in [2.45, 2.75) is 69.1 Å². The number of methoxy groups -OCH3 is 1. The third-order valence-corrected chi connectivity index (χ3v) is 6.53. The van der Waals surface area contributed by atoms with Gasteiger partial charge >= 0.3 is 0 Å². The number of ether oxygens (including phenoxy) is 1. The molecular formula is C22H32N4O4S. The standard InChI is InChI=1S/C22H32N4O4S/c1-30-18-9-5-6-15(10-18)13-23-19(27)11-17-12-20(28)26-22(25-17)31-14-21(29)24-16-7-3-2-4-8-16/h5-6,9-10,16-17,22,25H,2-4,7-8,11-14H2,1H3,(H,23,27)(H,24,29)(H,26,28). The largest absolute Gasteiger partial charge is 0.497 e. The highest BCUT2D eigenvalue weighted by atomic mass is 32.2. The molecule has 0 radical (unpaired) electrons. The van der Waals surface area contributed by atoms with E-state index in [1.165, 1.54) is 31.0 Å². The van der Waals surface area contributed by atoms with Crippen molar-refractivity contribution < 1.29 is 19.1 Å². The van der Waals surface area contributed by atoms with Crippen molar-refractivity contribution in [1.82, 2.24) is 21.3 Å². The smallest absolute Gasteiger partial charge is 0.230 e. The van der Waals surface area contributed by atoms with Gasteiger partial charge in [-0.2, -0.15) is 0 Å². The molecule has 0 bridgehead atoms. The van der Waals surface area contributed by atoms with E-state index in [1.54, 1.807) is 7.11 Å². The third-order valence-electron chi connectivity index (χ3n) is 5.52. The van der Waals surface area contributed by atoms with E-state index in [1.807, 2.05) is 24.3 Å². The summed E-state index contributed by atoms with van der Waals surface area (Å²) in [6.07, 6.45) is 6.09. The summed E-state index contributed by atoms with van der Waals surface area (Å²) in [6, 6.07) is 7.52. The van der Waals surface area contributed by atoms with Gasteiger partial charge in [0.15, 0.2) is 0 Å². The summed E-state index contributed by atoms with van der Waals surface area (Å²) in [6.45, 7) is 0.397. The van der Waals surface area contributed by atoms with E-state index < -0.39 is 0 Å². The first kappa shape index (κ1) is 23.4. The lowest BCUT2D eigenvalue weighted by Gasteiger charge is -2.31. The highest BCUT2D eigenvalue weighted by Gasteiger charge is 2.28. The monoisotopic (exact) mass is 448 g/mol. The average molecular weight is 449 g/mol. The Morgan fingerprint density at radius 1 is 1.19 bits per heavy atom. The minimum absolute atomic E-state index is 0.00824. The van der Waals surface area contributed by atoms with Crippen LogP contribution in [0.2, 0.25) is 0 Å². The Bertz CT molecular complexity index is 770. The van der Waals surface area contributed by atoms with Crippen molar-refractivity contribution in [2.75, 3.05) is 12.9 Å². The van der Waals surface area contributed by atoms with Crippen LogP contribution >= 0.6 is 11.8 Å². The second-order valence-electron chi connectivity index (χ2n) is 8.06. The van der Waals surface area contributed by atoms with E-state index in [2.05, 4.69) is 21.3 Å². The van der Waals surface area contributed by atoms with Gasteiger partial charge in [0.05, 0.1) is 12.9 Å². The lowest BCUT2D eigenvalue weighted by atomic mass is 9.95. The molecule has 3 amide bonds. The Kier molecular flexibility index (Phi) is 9.02. The highest BCUT2D eigenvalue weighted by Crippen LogP contribution is 2.18. The molecule has 0 spiro atoms. The first-order valence-electron chi connectivity index (χ1n) is 10.9. The van der Waals surface area contributed by atoms with Gasteiger partial charge in [-0.05, 0) is 30.5 Å². The Hall–Kier alpha value is -2.26. The van der Waals surface area contributed by atoms with Crippen LogP contribution in [0.25, 0.3) is 0 Å². The SMILES string of the molecule is COc1cccc(CNC(=O)CC2CC(=O)NC(SCC(=O)NC3CCCCC3)N2)c1. The summed E-state index contributed by atoms with van der Waals surface area (Å²) in [5.74, 6) is 0.752. The van der Waals surface area contributed by atoms with Gasteiger partial charge in [0.1, 0.15) is 11.2 Å². The highest BCUT2D eigenvalue weighted by molar-refractivity contribution is 8.00. The molecule has 2 aliphatic rings. The molecule has 1 heterocycles.